The lowest BCUT2D eigenvalue weighted by Gasteiger charge is -2.35. The van der Waals surface area contributed by atoms with Crippen molar-refractivity contribution >= 4 is 38.0 Å². The van der Waals surface area contributed by atoms with E-state index in [-0.39, 0.29) is 29.4 Å². The van der Waals surface area contributed by atoms with Crippen LogP contribution in [0.1, 0.15) is 15.9 Å². The molecule has 0 radical (unpaired) electrons. The molecule has 0 atom stereocenters. The van der Waals surface area contributed by atoms with E-state index >= 15 is 0 Å². The highest BCUT2D eigenvalue weighted by Gasteiger charge is 2.29. The quantitative estimate of drug-likeness (QED) is 0.616. The number of carbonyl (C=O) groups excluding carboxylic acids is 1. The Kier molecular flexibility index (Phi) is 6.23. The third-order valence-electron chi connectivity index (χ3n) is 5.18. The van der Waals surface area contributed by atoms with E-state index in [1.54, 1.807) is 23.6 Å². The number of rotatable bonds is 5. The van der Waals surface area contributed by atoms with Gasteiger partial charge in [-0.1, -0.05) is 6.07 Å². The van der Waals surface area contributed by atoms with E-state index in [0.29, 0.717) is 23.7 Å². The Hall–Kier alpha value is -3.26. The van der Waals surface area contributed by atoms with Gasteiger partial charge in [0.1, 0.15) is 16.9 Å². The zero-order chi connectivity index (χ0) is 22.7. The molecule has 0 bridgehead atoms. The summed E-state index contributed by atoms with van der Waals surface area (Å²) in [5.41, 5.74) is 1.38. The number of thiophene rings is 1. The van der Waals surface area contributed by atoms with Gasteiger partial charge < -0.3 is 10.2 Å². The van der Waals surface area contributed by atoms with Gasteiger partial charge in [0.25, 0.3) is 5.91 Å². The lowest BCUT2D eigenvalue weighted by molar-refractivity contribution is 0.102. The van der Waals surface area contributed by atoms with E-state index in [2.05, 4.69) is 5.32 Å². The molecule has 1 saturated heterocycles. The first kappa shape index (κ1) is 22.0. The first-order valence-electron chi connectivity index (χ1n) is 9.78. The number of anilines is 2. The molecule has 2 aromatic carbocycles. The molecule has 0 saturated carbocycles. The summed E-state index contributed by atoms with van der Waals surface area (Å²) in [7, 11) is -3.79. The second kappa shape index (κ2) is 9.08. The van der Waals surface area contributed by atoms with Crippen LogP contribution in [0, 0.1) is 17.1 Å². The number of halogens is 1. The first-order chi connectivity index (χ1) is 15.4. The molecule has 1 fully saturated rings. The molecule has 0 aliphatic carbocycles. The lowest BCUT2D eigenvalue weighted by Crippen LogP contribution is -2.48. The van der Waals surface area contributed by atoms with Gasteiger partial charge in [0, 0.05) is 37.4 Å². The largest absolute Gasteiger partial charge is 0.369 e. The van der Waals surface area contributed by atoms with Crippen molar-refractivity contribution in [3.05, 3.63) is 76.9 Å². The van der Waals surface area contributed by atoms with E-state index in [4.69, 9.17) is 5.26 Å². The van der Waals surface area contributed by atoms with Gasteiger partial charge in [-0.25, -0.2) is 12.8 Å². The molecule has 10 heteroatoms. The van der Waals surface area contributed by atoms with Crippen molar-refractivity contribution in [3.63, 3.8) is 0 Å². The van der Waals surface area contributed by atoms with Gasteiger partial charge in [-0.05, 0) is 53.9 Å². The molecule has 0 unspecified atom stereocenters. The van der Waals surface area contributed by atoms with Crippen LogP contribution in [0.3, 0.4) is 0 Å². The fraction of sp³-hybridized carbons (Fsp3) is 0.182. The van der Waals surface area contributed by atoms with E-state index in [9.17, 15) is 17.6 Å². The smallest absolute Gasteiger partial charge is 0.256 e. The maximum Gasteiger partial charge on any atom is 0.256 e. The number of hydrogen-bond donors (Lipinski definition) is 1. The average Bonchev–Trinajstić information content (AvgIpc) is 3.27. The number of piperazine rings is 1. The number of nitriles is 1. The number of nitrogens with zero attached hydrogens (tertiary/aromatic N) is 3. The second-order valence-electron chi connectivity index (χ2n) is 7.12. The standard InChI is InChI=1S/C22H19FN4O3S2/c23-18-4-6-19(7-5-18)26-9-11-27(12-10-26)32(29,30)20-3-1-2-16(14-20)21(28)25-22-17(15-24)8-13-31-22/h1-8,13-14H,9-12H2,(H,25,28). The monoisotopic (exact) mass is 470 g/mol. The van der Waals surface area contributed by atoms with Gasteiger partial charge in [0.15, 0.2) is 0 Å². The molecule has 164 valence electrons. The lowest BCUT2D eigenvalue weighted by atomic mass is 10.2. The van der Waals surface area contributed by atoms with E-state index in [0.717, 1.165) is 5.69 Å². The Balaban J connectivity index is 1.47. The van der Waals surface area contributed by atoms with Crippen molar-refractivity contribution in [2.45, 2.75) is 4.90 Å². The molecule has 32 heavy (non-hydrogen) atoms. The Morgan fingerprint density at radius 3 is 2.47 bits per heavy atom. The Labute approximate surface area is 189 Å². The topological polar surface area (TPSA) is 93.5 Å². The maximum absolute atomic E-state index is 13.2. The summed E-state index contributed by atoms with van der Waals surface area (Å²) in [5, 5.41) is 13.9. The second-order valence-corrected chi connectivity index (χ2v) is 9.98. The fourth-order valence-electron chi connectivity index (χ4n) is 3.45. The summed E-state index contributed by atoms with van der Waals surface area (Å²) in [5.74, 6) is -0.802. The van der Waals surface area contributed by atoms with E-state index < -0.39 is 15.9 Å². The molecular weight excluding hydrogens is 451 g/mol. The van der Waals surface area contributed by atoms with Crippen LogP contribution in [0.4, 0.5) is 15.1 Å². The third kappa shape index (κ3) is 4.50. The van der Waals surface area contributed by atoms with Crippen LogP contribution < -0.4 is 10.2 Å². The molecule has 0 spiro atoms. The van der Waals surface area contributed by atoms with Gasteiger partial charge in [0.05, 0.1) is 10.5 Å². The summed E-state index contributed by atoms with van der Waals surface area (Å²) < 4.78 is 40.8. The van der Waals surface area contributed by atoms with Crippen molar-refractivity contribution in [1.82, 2.24) is 4.31 Å². The van der Waals surface area contributed by atoms with E-state index in [1.165, 1.54) is 52.0 Å². The van der Waals surface area contributed by atoms with Gasteiger partial charge >= 0.3 is 0 Å². The number of benzene rings is 2. The predicted molar refractivity (Wildman–Crippen MR) is 121 cm³/mol. The first-order valence-corrected chi connectivity index (χ1v) is 12.1. The summed E-state index contributed by atoms with van der Waals surface area (Å²) in [6.07, 6.45) is 0. The maximum atomic E-state index is 13.2. The Morgan fingerprint density at radius 1 is 1.06 bits per heavy atom. The summed E-state index contributed by atoms with van der Waals surface area (Å²) in [6, 6.07) is 15.6. The number of amides is 1. The van der Waals surface area contributed by atoms with Crippen LogP contribution in [-0.4, -0.2) is 44.8 Å². The number of sulfonamides is 1. The molecule has 1 aliphatic heterocycles. The zero-order valence-electron chi connectivity index (χ0n) is 16.9. The Morgan fingerprint density at radius 2 is 1.78 bits per heavy atom. The average molecular weight is 471 g/mol. The van der Waals surface area contributed by atoms with Gasteiger partial charge in [0.2, 0.25) is 10.0 Å². The van der Waals surface area contributed by atoms with Gasteiger partial charge in [-0.3, -0.25) is 4.79 Å². The predicted octanol–water partition coefficient (Wildman–Crippen LogP) is 3.52. The molecule has 7 nitrogen and oxygen atoms in total. The van der Waals surface area contributed by atoms with Crippen LogP contribution >= 0.6 is 11.3 Å². The fourth-order valence-corrected chi connectivity index (χ4v) is 5.66. The summed E-state index contributed by atoms with van der Waals surface area (Å²) in [4.78, 5) is 14.6. The van der Waals surface area contributed by atoms with Crippen LogP contribution in [-0.2, 0) is 10.0 Å². The van der Waals surface area contributed by atoms with Gasteiger partial charge in [-0.15, -0.1) is 11.3 Å². The molecule has 1 aliphatic rings. The van der Waals surface area contributed by atoms with Crippen LogP contribution in [0.15, 0.2) is 64.9 Å². The SMILES string of the molecule is N#Cc1ccsc1NC(=O)c1cccc(S(=O)(=O)N2CCN(c3ccc(F)cc3)CC2)c1. The van der Waals surface area contributed by atoms with Gasteiger partial charge in [-0.2, -0.15) is 9.57 Å². The van der Waals surface area contributed by atoms with Crippen molar-refractivity contribution < 1.29 is 17.6 Å². The van der Waals surface area contributed by atoms with Crippen LogP contribution in [0.25, 0.3) is 0 Å². The van der Waals surface area contributed by atoms with Crippen LogP contribution in [0.5, 0.6) is 0 Å². The molecule has 1 amide bonds. The minimum Gasteiger partial charge on any atom is -0.369 e. The van der Waals surface area contributed by atoms with Crippen molar-refractivity contribution in [3.8, 4) is 6.07 Å². The molecule has 3 aromatic rings. The zero-order valence-corrected chi connectivity index (χ0v) is 18.5. The van der Waals surface area contributed by atoms with Crippen molar-refractivity contribution in [2.24, 2.45) is 0 Å². The molecule has 1 N–H and O–H groups in total. The highest BCUT2D eigenvalue weighted by molar-refractivity contribution is 7.89. The highest BCUT2D eigenvalue weighted by Crippen LogP contribution is 2.25. The minimum absolute atomic E-state index is 0.0343. The summed E-state index contributed by atoms with van der Waals surface area (Å²) in [6.45, 7) is 1.49. The molecule has 1 aromatic heterocycles. The van der Waals surface area contributed by atoms with E-state index in [1.807, 2.05) is 11.0 Å². The summed E-state index contributed by atoms with van der Waals surface area (Å²) >= 11 is 1.22. The Bertz CT molecular complexity index is 1280. The van der Waals surface area contributed by atoms with Crippen LogP contribution in [0.2, 0.25) is 0 Å². The third-order valence-corrected chi connectivity index (χ3v) is 7.90. The van der Waals surface area contributed by atoms with Crippen molar-refractivity contribution in [1.29, 1.82) is 5.26 Å². The number of carbonyl (C=O) groups is 1. The molecule has 4 rings (SSSR count). The molecule has 2 heterocycles. The normalized spacial score (nSPS) is 14.7. The number of hydrogen-bond acceptors (Lipinski definition) is 6. The molecular formula is C22H19FN4O3S2. The highest BCUT2D eigenvalue weighted by atomic mass is 32.2. The number of nitrogens with one attached hydrogen (secondary N) is 1. The minimum atomic E-state index is -3.79. The van der Waals surface area contributed by atoms with Crippen molar-refractivity contribution in [2.75, 3.05) is 36.4 Å².